The monoisotopic (exact) mass is 279 g/mol. The molecule has 0 radical (unpaired) electrons. The number of halogens is 1. The largest absolute Gasteiger partial charge is 0.376 e. The van der Waals surface area contributed by atoms with Crippen LogP contribution in [0.1, 0.15) is 12.8 Å². The van der Waals surface area contributed by atoms with Crippen LogP contribution in [0.4, 0.5) is 0 Å². The van der Waals surface area contributed by atoms with Crippen LogP contribution >= 0.6 is 27.7 Å². The second-order valence-corrected chi connectivity index (χ2v) is 5.97. The van der Waals surface area contributed by atoms with E-state index in [0.29, 0.717) is 0 Å². The molecule has 2 unspecified atom stereocenters. The normalized spacial score (nSPS) is 39.4. The molecule has 0 bridgehead atoms. The van der Waals surface area contributed by atoms with Gasteiger partial charge in [-0.25, -0.2) is 0 Å². The summed E-state index contributed by atoms with van der Waals surface area (Å²) < 4.78 is 5.64. The highest BCUT2D eigenvalue weighted by Gasteiger charge is 2.40. The Kier molecular flexibility index (Phi) is 3.79. The number of methoxy groups -OCH3 is 1. The van der Waals surface area contributed by atoms with Crippen LogP contribution in [0.2, 0.25) is 0 Å². The highest BCUT2D eigenvalue weighted by Crippen LogP contribution is 2.32. The molecule has 2 fully saturated rings. The molecule has 82 valence electrons. The van der Waals surface area contributed by atoms with Crippen molar-refractivity contribution in [2.75, 3.05) is 37.0 Å². The quantitative estimate of drug-likeness (QED) is 0.733. The van der Waals surface area contributed by atoms with Gasteiger partial charge in [0, 0.05) is 37.3 Å². The van der Waals surface area contributed by atoms with Gasteiger partial charge in [-0.2, -0.15) is 11.8 Å². The zero-order valence-electron chi connectivity index (χ0n) is 8.67. The van der Waals surface area contributed by atoms with E-state index in [1.54, 1.807) is 0 Å². The SMILES string of the molecule is COC1(CBr)CCN(C2CCSC2)C1. The number of nitrogens with zero attached hydrogens (tertiary/aromatic N) is 1. The molecule has 0 saturated carbocycles. The van der Waals surface area contributed by atoms with Crippen molar-refractivity contribution < 1.29 is 4.74 Å². The fourth-order valence-corrected chi connectivity index (χ4v) is 4.27. The third kappa shape index (κ3) is 2.13. The van der Waals surface area contributed by atoms with Crippen LogP contribution in [-0.2, 0) is 4.74 Å². The number of hydrogen-bond acceptors (Lipinski definition) is 3. The summed E-state index contributed by atoms with van der Waals surface area (Å²) in [7, 11) is 1.84. The summed E-state index contributed by atoms with van der Waals surface area (Å²) in [6.07, 6.45) is 2.54. The van der Waals surface area contributed by atoms with Gasteiger partial charge in [0.05, 0.1) is 5.60 Å². The summed E-state index contributed by atoms with van der Waals surface area (Å²) in [4.78, 5) is 2.62. The summed E-state index contributed by atoms with van der Waals surface area (Å²) in [5.74, 6) is 2.66. The van der Waals surface area contributed by atoms with Crippen LogP contribution in [0, 0.1) is 0 Å². The zero-order valence-corrected chi connectivity index (χ0v) is 11.1. The van der Waals surface area contributed by atoms with Crippen molar-refractivity contribution in [1.29, 1.82) is 0 Å². The topological polar surface area (TPSA) is 12.5 Å². The Bertz CT molecular complexity index is 193. The van der Waals surface area contributed by atoms with Crippen LogP contribution in [-0.4, -0.2) is 53.6 Å². The van der Waals surface area contributed by atoms with Gasteiger partial charge in [-0.1, -0.05) is 15.9 Å². The first kappa shape index (κ1) is 11.2. The first-order valence-corrected chi connectivity index (χ1v) is 7.50. The molecule has 2 saturated heterocycles. The summed E-state index contributed by atoms with van der Waals surface area (Å²) in [6, 6.07) is 0.816. The second kappa shape index (κ2) is 4.73. The molecule has 4 heteroatoms. The van der Waals surface area contributed by atoms with Crippen molar-refractivity contribution in [1.82, 2.24) is 4.90 Å². The molecule has 0 N–H and O–H groups in total. The van der Waals surface area contributed by atoms with E-state index in [4.69, 9.17) is 4.74 Å². The fraction of sp³-hybridized carbons (Fsp3) is 1.00. The van der Waals surface area contributed by atoms with E-state index in [1.165, 1.54) is 30.9 Å². The van der Waals surface area contributed by atoms with E-state index in [0.717, 1.165) is 17.9 Å². The first-order chi connectivity index (χ1) is 6.79. The number of alkyl halides is 1. The van der Waals surface area contributed by atoms with Crippen molar-refractivity contribution in [3.63, 3.8) is 0 Å². The molecule has 0 spiro atoms. The molecule has 2 atom stereocenters. The van der Waals surface area contributed by atoms with Gasteiger partial charge in [0.15, 0.2) is 0 Å². The number of ether oxygens (including phenoxy) is 1. The number of likely N-dealkylation sites (tertiary alicyclic amines) is 1. The molecular formula is C10H18BrNOS. The van der Waals surface area contributed by atoms with Crippen LogP contribution in [0.3, 0.4) is 0 Å². The smallest absolute Gasteiger partial charge is 0.0913 e. The minimum atomic E-state index is 0.0905. The maximum Gasteiger partial charge on any atom is 0.0913 e. The van der Waals surface area contributed by atoms with Gasteiger partial charge in [0.25, 0.3) is 0 Å². The van der Waals surface area contributed by atoms with Crippen molar-refractivity contribution in [3.8, 4) is 0 Å². The molecular weight excluding hydrogens is 262 g/mol. The molecule has 0 amide bonds. The lowest BCUT2D eigenvalue weighted by Gasteiger charge is -2.28. The average Bonchev–Trinajstić information content (AvgIpc) is 2.87. The van der Waals surface area contributed by atoms with Crippen LogP contribution < -0.4 is 0 Å². The third-order valence-corrected chi connectivity index (χ3v) is 5.61. The molecule has 0 aliphatic carbocycles. The Labute approximate surface area is 98.9 Å². The molecule has 2 heterocycles. The van der Waals surface area contributed by atoms with Crippen LogP contribution in [0.5, 0.6) is 0 Å². The third-order valence-electron chi connectivity index (χ3n) is 3.44. The summed E-state index contributed by atoms with van der Waals surface area (Å²) >= 11 is 5.66. The Morgan fingerprint density at radius 3 is 3.00 bits per heavy atom. The van der Waals surface area contributed by atoms with Crippen molar-refractivity contribution in [3.05, 3.63) is 0 Å². The summed E-state index contributed by atoms with van der Waals surface area (Å²) in [5, 5.41) is 0.965. The van der Waals surface area contributed by atoms with Gasteiger partial charge in [-0.15, -0.1) is 0 Å². The molecule has 0 aromatic rings. The number of rotatable bonds is 3. The van der Waals surface area contributed by atoms with Gasteiger partial charge in [-0.3, -0.25) is 4.90 Å². The van der Waals surface area contributed by atoms with Crippen molar-refractivity contribution >= 4 is 27.7 Å². The van der Waals surface area contributed by atoms with Crippen LogP contribution in [0.25, 0.3) is 0 Å². The molecule has 0 aromatic carbocycles. The maximum absolute atomic E-state index is 5.64. The fourth-order valence-electron chi connectivity index (χ4n) is 2.33. The second-order valence-electron chi connectivity index (χ2n) is 4.26. The van der Waals surface area contributed by atoms with E-state index in [1.807, 2.05) is 7.11 Å². The van der Waals surface area contributed by atoms with Crippen LogP contribution in [0.15, 0.2) is 0 Å². The minimum absolute atomic E-state index is 0.0905. The highest BCUT2D eigenvalue weighted by molar-refractivity contribution is 9.09. The zero-order chi connectivity index (χ0) is 10.0. The standard InChI is InChI=1S/C10H18BrNOS/c1-13-10(7-11)3-4-12(8-10)9-2-5-14-6-9/h9H,2-8H2,1H3. The molecule has 14 heavy (non-hydrogen) atoms. The predicted molar refractivity (Wildman–Crippen MR) is 65.5 cm³/mol. The Morgan fingerprint density at radius 2 is 2.50 bits per heavy atom. The van der Waals surface area contributed by atoms with Gasteiger partial charge in [-0.05, 0) is 18.6 Å². The molecule has 0 aromatic heterocycles. The van der Waals surface area contributed by atoms with E-state index >= 15 is 0 Å². The van der Waals surface area contributed by atoms with Crippen molar-refractivity contribution in [2.24, 2.45) is 0 Å². The Balaban J connectivity index is 1.92. The lowest BCUT2D eigenvalue weighted by Crippen LogP contribution is -2.40. The van der Waals surface area contributed by atoms with E-state index in [9.17, 15) is 0 Å². The number of thioether (sulfide) groups is 1. The Hall–Kier alpha value is 0.750. The minimum Gasteiger partial charge on any atom is -0.376 e. The summed E-state index contributed by atoms with van der Waals surface area (Å²) in [5.41, 5.74) is 0.0905. The first-order valence-electron chi connectivity index (χ1n) is 5.22. The van der Waals surface area contributed by atoms with E-state index in [-0.39, 0.29) is 5.60 Å². The lowest BCUT2D eigenvalue weighted by molar-refractivity contribution is 0.0172. The van der Waals surface area contributed by atoms with Gasteiger partial charge < -0.3 is 4.74 Å². The average molecular weight is 280 g/mol. The molecule has 2 aliphatic rings. The van der Waals surface area contributed by atoms with Crippen molar-refractivity contribution in [2.45, 2.75) is 24.5 Å². The maximum atomic E-state index is 5.64. The Morgan fingerprint density at radius 1 is 1.64 bits per heavy atom. The van der Waals surface area contributed by atoms with Gasteiger partial charge >= 0.3 is 0 Å². The number of hydrogen-bond donors (Lipinski definition) is 0. The van der Waals surface area contributed by atoms with E-state index in [2.05, 4.69) is 32.6 Å². The highest BCUT2D eigenvalue weighted by atomic mass is 79.9. The molecule has 2 rings (SSSR count). The van der Waals surface area contributed by atoms with Gasteiger partial charge in [0.1, 0.15) is 0 Å². The molecule has 2 nitrogen and oxygen atoms in total. The predicted octanol–water partition coefficient (Wildman–Crippen LogP) is 1.98. The van der Waals surface area contributed by atoms with E-state index < -0.39 is 0 Å². The lowest BCUT2D eigenvalue weighted by atomic mass is 10.1. The summed E-state index contributed by atoms with van der Waals surface area (Å²) in [6.45, 7) is 2.32. The molecule has 2 aliphatic heterocycles. The van der Waals surface area contributed by atoms with Gasteiger partial charge in [0.2, 0.25) is 0 Å².